The number of alkyl halides is 6. The molecule has 1 N–H and O–H groups in total. The monoisotopic (exact) mass is 422 g/mol. The van der Waals surface area contributed by atoms with Crippen LogP contribution in [-0.4, -0.2) is 36.0 Å². The zero-order chi connectivity index (χ0) is 21.4. The molecule has 2 atom stereocenters. The van der Waals surface area contributed by atoms with Crippen molar-refractivity contribution < 1.29 is 31.1 Å². The lowest BCUT2D eigenvalue weighted by atomic mass is 9.88. The van der Waals surface area contributed by atoms with E-state index in [0.717, 1.165) is 52.1 Å². The lowest BCUT2D eigenvalue weighted by Gasteiger charge is -2.38. The van der Waals surface area contributed by atoms with E-state index in [1.165, 1.54) is 0 Å². The SMILES string of the molecule is Cc1cc(C(F)(F)F)cc(C(F)(F)F)c1C(=O)N[C@H]1CCCC[C@H]1N1CCCC1. The standard InChI is InChI=1S/C20H24F6N2O/c1-12-10-13(19(21,22)23)11-14(20(24,25)26)17(12)18(29)27-15-6-2-3-7-16(15)28-8-4-5-9-28/h10-11,15-16H,2-9H2,1H3,(H,27,29)/t15-,16+/m0/s1. The number of likely N-dealkylation sites (tertiary alicyclic amines) is 1. The van der Waals surface area contributed by atoms with Crippen molar-refractivity contribution in [3.8, 4) is 0 Å². The maximum atomic E-state index is 13.5. The fraction of sp³-hybridized carbons (Fsp3) is 0.650. The largest absolute Gasteiger partial charge is 0.417 e. The van der Waals surface area contributed by atoms with Crippen LogP contribution in [0, 0.1) is 6.92 Å². The summed E-state index contributed by atoms with van der Waals surface area (Å²) in [6, 6.07) is 0.375. The molecule has 1 aliphatic heterocycles. The fourth-order valence-electron chi connectivity index (χ4n) is 4.51. The fourth-order valence-corrected chi connectivity index (χ4v) is 4.51. The molecule has 1 saturated carbocycles. The molecule has 1 saturated heterocycles. The molecule has 0 unspecified atom stereocenters. The number of benzene rings is 1. The summed E-state index contributed by atoms with van der Waals surface area (Å²) in [5, 5.41) is 2.71. The molecule has 2 aliphatic rings. The summed E-state index contributed by atoms with van der Waals surface area (Å²) in [5.74, 6) is -0.959. The van der Waals surface area contributed by atoms with Crippen LogP contribution in [0.4, 0.5) is 26.3 Å². The minimum absolute atomic E-state index is 0.0285. The molecule has 0 radical (unpaired) electrons. The summed E-state index contributed by atoms with van der Waals surface area (Å²) in [6.45, 7) is 2.90. The van der Waals surface area contributed by atoms with Crippen molar-refractivity contribution >= 4 is 5.91 Å². The molecule has 2 fully saturated rings. The number of nitrogens with one attached hydrogen (secondary N) is 1. The van der Waals surface area contributed by atoms with E-state index in [9.17, 15) is 31.1 Å². The van der Waals surface area contributed by atoms with Gasteiger partial charge >= 0.3 is 12.4 Å². The van der Waals surface area contributed by atoms with Crippen molar-refractivity contribution in [1.29, 1.82) is 0 Å². The van der Waals surface area contributed by atoms with E-state index in [4.69, 9.17) is 0 Å². The number of amides is 1. The van der Waals surface area contributed by atoms with Crippen molar-refractivity contribution in [2.45, 2.75) is 69.9 Å². The predicted molar refractivity (Wildman–Crippen MR) is 95.5 cm³/mol. The van der Waals surface area contributed by atoms with E-state index < -0.39 is 35.0 Å². The average molecular weight is 422 g/mol. The third kappa shape index (κ3) is 4.87. The number of aryl methyl sites for hydroxylation is 1. The van der Waals surface area contributed by atoms with E-state index in [-0.39, 0.29) is 23.7 Å². The zero-order valence-corrected chi connectivity index (χ0v) is 16.1. The Hall–Kier alpha value is -1.77. The quantitative estimate of drug-likeness (QED) is 0.682. The van der Waals surface area contributed by atoms with Crippen molar-refractivity contribution in [1.82, 2.24) is 10.2 Å². The molecule has 1 amide bonds. The molecule has 0 aromatic heterocycles. The number of hydrogen-bond acceptors (Lipinski definition) is 2. The van der Waals surface area contributed by atoms with Crippen molar-refractivity contribution in [2.75, 3.05) is 13.1 Å². The topological polar surface area (TPSA) is 32.3 Å². The third-order valence-corrected chi connectivity index (χ3v) is 5.85. The van der Waals surface area contributed by atoms with Crippen molar-refractivity contribution in [3.05, 3.63) is 34.4 Å². The molecule has 3 rings (SSSR count). The van der Waals surface area contributed by atoms with Gasteiger partial charge in [-0.05, 0) is 63.4 Å². The van der Waals surface area contributed by atoms with Crippen LogP contribution in [0.3, 0.4) is 0 Å². The summed E-state index contributed by atoms with van der Waals surface area (Å²) >= 11 is 0. The number of halogens is 6. The van der Waals surface area contributed by atoms with E-state index >= 15 is 0 Å². The highest BCUT2D eigenvalue weighted by atomic mass is 19.4. The summed E-state index contributed by atoms with van der Waals surface area (Å²) in [5.41, 5.74) is -4.02. The van der Waals surface area contributed by atoms with Gasteiger partial charge in [0, 0.05) is 12.1 Å². The van der Waals surface area contributed by atoms with Gasteiger partial charge in [0.15, 0.2) is 0 Å². The highest BCUT2D eigenvalue weighted by Crippen LogP contribution is 2.39. The lowest BCUT2D eigenvalue weighted by Crippen LogP contribution is -2.52. The van der Waals surface area contributed by atoms with E-state index in [1.54, 1.807) is 0 Å². The number of carbonyl (C=O) groups excluding carboxylic acids is 1. The Morgan fingerprint density at radius 1 is 0.966 bits per heavy atom. The normalized spacial score (nSPS) is 24.0. The Morgan fingerprint density at radius 2 is 1.59 bits per heavy atom. The minimum Gasteiger partial charge on any atom is -0.348 e. The van der Waals surface area contributed by atoms with Gasteiger partial charge in [-0.3, -0.25) is 9.69 Å². The van der Waals surface area contributed by atoms with Crippen LogP contribution < -0.4 is 5.32 Å². The van der Waals surface area contributed by atoms with Gasteiger partial charge in [-0.1, -0.05) is 12.8 Å². The molecule has 1 heterocycles. The molecule has 3 nitrogen and oxygen atoms in total. The van der Waals surface area contributed by atoms with Gasteiger partial charge < -0.3 is 5.32 Å². The first-order valence-corrected chi connectivity index (χ1v) is 9.82. The van der Waals surface area contributed by atoms with Gasteiger partial charge in [0.1, 0.15) is 0 Å². The van der Waals surface area contributed by atoms with Crippen LogP contribution in [-0.2, 0) is 12.4 Å². The molecule has 0 bridgehead atoms. The molecule has 29 heavy (non-hydrogen) atoms. The summed E-state index contributed by atoms with van der Waals surface area (Å²) in [7, 11) is 0. The molecule has 1 aromatic carbocycles. The van der Waals surface area contributed by atoms with Crippen LogP contribution in [0.5, 0.6) is 0 Å². The van der Waals surface area contributed by atoms with Gasteiger partial charge in [-0.2, -0.15) is 26.3 Å². The number of nitrogens with zero attached hydrogens (tertiary/aromatic N) is 1. The van der Waals surface area contributed by atoms with Gasteiger partial charge in [0.2, 0.25) is 0 Å². The molecular weight excluding hydrogens is 398 g/mol. The third-order valence-electron chi connectivity index (χ3n) is 5.85. The summed E-state index contributed by atoms with van der Waals surface area (Å²) < 4.78 is 79.5. The van der Waals surface area contributed by atoms with Crippen LogP contribution in [0.2, 0.25) is 0 Å². The van der Waals surface area contributed by atoms with Gasteiger partial charge in [-0.25, -0.2) is 0 Å². The molecule has 9 heteroatoms. The first kappa shape index (κ1) is 21.9. The Morgan fingerprint density at radius 3 is 2.17 bits per heavy atom. The predicted octanol–water partition coefficient (Wildman–Crippen LogP) is 5.17. The van der Waals surface area contributed by atoms with Crippen LogP contribution in [0.15, 0.2) is 12.1 Å². The molecular formula is C20H24F6N2O. The first-order valence-electron chi connectivity index (χ1n) is 9.82. The Kier molecular flexibility index (Phi) is 6.17. The second-order valence-corrected chi connectivity index (χ2v) is 7.89. The van der Waals surface area contributed by atoms with E-state index in [2.05, 4.69) is 10.2 Å². The Balaban J connectivity index is 1.91. The second-order valence-electron chi connectivity index (χ2n) is 7.89. The van der Waals surface area contributed by atoms with Crippen LogP contribution in [0.25, 0.3) is 0 Å². The summed E-state index contributed by atoms with van der Waals surface area (Å²) in [6.07, 6.45) is -4.56. The van der Waals surface area contributed by atoms with Crippen LogP contribution >= 0.6 is 0 Å². The summed E-state index contributed by atoms with van der Waals surface area (Å²) in [4.78, 5) is 15.1. The number of rotatable bonds is 3. The molecule has 162 valence electrons. The Bertz CT molecular complexity index is 753. The smallest absolute Gasteiger partial charge is 0.348 e. The highest BCUT2D eigenvalue weighted by Gasteiger charge is 2.41. The van der Waals surface area contributed by atoms with Gasteiger partial charge in [-0.15, -0.1) is 0 Å². The average Bonchev–Trinajstić information content (AvgIpc) is 3.14. The van der Waals surface area contributed by atoms with Crippen LogP contribution in [0.1, 0.15) is 65.6 Å². The Labute approximate surface area is 165 Å². The highest BCUT2D eigenvalue weighted by molar-refractivity contribution is 5.97. The maximum Gasteiger partial charge on any atom is 0.417 e. The maximum absolute atomic E-state index is 13.5. The lowest BCUT2D eigenvalue weighted by molar-refractivity contribution is -0.143. The second kappa shape index (κ2) is 8.16. The molecule has 1 aliphatic carbocycles. The number of hydrogen-bond donors (Lipinski definition) is 1. The van der Waals surface area contributed by atoms with Gasteiger partial charge in [0.25, 0.3) is 5.91 Å². The molecule has 1 aromatic rings. The van der Waals surface area contributed by atoms with Crippen molar-refractivity contribution in [2.24, 2.45) is 0 Å². The number of carbonyl (C=O) groups is 1. The first-order chi connectivity index (χ1) is 13.5. The van der Waals surface area contributed by atoms with Gasteiger partial charge in [0.05, 0.1) is 16.7 Å². The zero-order valence-electron chi connectivity index (χ0n) is 16.1. The van der Waals surface area contributed by atoms with E-state index in [0.29, 0.717) is 12.5 Å². The van der Waals surface area contributed by atoms with E-state index in [1.807, 2.05) is 0 Å². The molecule has 0 spiro atoms. The minimum atomic E-state index is -5.07. The van der Waals surface area contributed by atoms with Crippen molar-refractivity contribution in [3.63, 3.8) is 0 Å².